The molecule has 0 saturated heterocycles. The number of nitrogens with one attached hydrogen (secondary N) is 1. The molecule has 1 aromatic rings. The van der Waals surface area contributed by atoms with Crippen molar-refractivity contribution in [2.45, 2.75) is 26.4 Å². The zero-order valence-corrected chi connectivity index (χ0v) is 12.0. The Morgan fingerprint density at radius 3 is 2.62 bits per heavy atom. The van der Waals surface area contributed by atoms with Gasteiger partial charge in [0.15, 0.2) is 0 Å². The number of hydrogen-bond acceptors (Lipinski definition) is 5. The number of carboxylic acid groups (broad SMARTS) is 1. The van der Waals surface area contributed by atoms with Gasteiger partial charge in [-0.05, 0) is 32.0 Å². The van der Waals surface area contributed by atoms with E-state index < -0.39 is 12.1 Å². The van der Waals surface area contributed by atoms with Gasteiger partial charge >= 0.3 is 12.1 Å². The third kappa shape index (κ3) is 6.13. The van der Waals surface area contributed by atoms with Crippen LogP contribution in [0.3, 0.4) is 0 Å². The summed E-state index contributed by atoms with van der Waals surface area (Å²) in [7, 11) is 0. The van der Waals surface area contributed by atoms with Crippen molar-refractivity contribution in [1.82, 2.24) is 0 Å². The molecule has 0 fully saturated rings. The van der Waals surface area contributed by atoms with Crippen LogP contribution in [0.2, 0.25) is 0 Å². The maximum Gasteiger partial charge on any atom is 0.411 e. The Kier molecular flexibility index (Phi) is 6.48. The van der Waals surface area contributed by atoms with E-state index in [0.29, 0.717) is 13.0 Å². The predicted molar refractivity (Wildman–Crippen MR) is 75.7 cm³/mol. The highest BCUT2D eigenvalue weighted by atomic mass is 16.5. The molecule has 0 radical (unpaired) electrons. The Labute approximate surface area is 122 Å². The summed E-state index contributed by atoms with van der Waals surface area (Å²) in [6.07, 6.45) is 0.00787. The summed E-state index contributed by atoms with van der Waals surface area (Å²) in [5.41, 5.74) is -0.0632. The molecule has 0 aromatic heterocycles. The first-order valence-electron chi connectivity index (χ1n) is 6.52. The second kappa shape index (κ2) is 8.11. The number of anilines is 1. The second-order valence-electron chi connectivity index (χ2n) is 4.57. The zero-order valence-electron chi connectivity index (χ0n) is 12.0. The Morgan fingerprint density at radius 1 is 1.29 bits per heavy atom. The van der Waals surface area contributed by atoms with Crippen molar-refractivity contribution in [2.75, 3.05) is 18.5 Å². The third-order valence-corrected chi connectivity index (χ3v) is 2.45. The topological polar surface area (TPSA) is 105 Å². The van der Waals surface area contributed by atoms with Crippen molar-refractivity contribution in [3.63, 3.8) is 0 Å². The van der Waals surface area contributed by atoms with E-state index in [9.17, 15) is 14.7 Å². The van der Waals surface area contributed by atoms with Gasteiger partial charge in [0, 0.05) is 12.1 Å². The molecular formula is C14H19NO6. The zero-order chi connectivity index (χ0) is 15.8. The molecule has 7 nitrogen and oxygen atoms in total. The van der Waals surface area contributed by atoms with E-state index in [4.69, 9.17) is 14.6 Å². The first-order chi connectivity index (χ1) is 9.90. The van der Waals surface area contributed by atoms with Gasteiger partial charge in [0.1, 0.15) is 11.3 Å². The van der Waals surface area contributed by atoms with Crippen LogP contribution in [0.25, 0.3) is 0 Å². The normalized spacial score (nSPS) is 10.4. The van der Waals surface area contributed by atoms with Crippen molar-refractivity contribution >= 4 is 17.7 Å². The number of hydrogen-bond donors (Lipinski definition) is 3. The lowest BCUT2D eigenvalue weighted by molar-refractivity contribution is 0.0640. The molecule has 0 aliphatic rings. The number of carbonyl (C=O) groups excluding carboxylic acids is 1. The highest BCUT2D eigenvalue weighted by molar-refractivity contribution is 5.93. The van der Waals surface area contributed by atoms with Gasteiger partial charge in [0.2, 0.25) is 0 Å². The minimum Gasteiger partial charge on any atom is -0.507 e. The molecule has 1 aromatic carbocycles. The Hall–Kier alpha value is -2.28. The number of ether oxygens (including phenoxy) is 2. The summed E-state index contributed by atoms with van der Waals surface area (Å²) in [5, 5.41) is 20.6. The van der Waals surface area contributed by atoms with Crippen LogP contribution >= 0.6 is 0 Å². The molecular weight excluding hydrogens is 278 g/mol. The molecule has 0 spiro atoms. The van der Waals surface area contributed by atoms with Crippen LogP contribution in [0, 0.1) is 0 Å². The van der Waals surface area contributed by atoms with Gasteiger partial charge in [-0.1, -0.05) is 0 Å². The highest BCUT2D eigenvalue weighted by Crippen LogP contribution is 2.21. The number of aromatic carboxylic acids is 1. The van der Waals surface area contributed by atoms with E-state index in [1.807, 2.05) is 13.8 Å². The van der Waals surface area contributed by atoms with Gasteiger partial charge < -0.3 is 19.7 Å². The lowest BCUT2D eigenvalue weighted by atomic mass is 10.2. The SMILES string of the molecule is CC(C)OCCCOC(=O)Nc1ccc(O)c(C(=O)O)c1. The molecule has 0 unspecified atom stereocenters. The quantitative estimate of drug-likeness (QED) is 0.527. The lowest BCUT2D eigenvalue weighted by Gasteiger charge is -2.09. The van der Waals surface area contributed by atoms with Gasteiger partial charge in [-0.25, -0.2) is 9.59 Å². The number of rotatable bonds is 7. The molecule has 3 N–H and O–H groups in total. The summed E-state index contributed by atoms with van der Waals surface area (Å²) in [4.78, 5) is 22.3. The fourth-order valence-corrected chi connectivity index (χ4v) is 1.48. The summed E-state index contributed by atoms with van der Waals surface area (Å²) in [6.45, 7) is 4.52. The number of phenols is 1. The monoisotopic (exact) mass is 297 g/mol. The Bertz CT molecular complexity index is 500. The van der Waals surface area contributed by atoms with Crippen molar-refractivity contribution in [2.24, 2.45) is 0 Å². The van der Waals surface area contributed by atoms with Crippen LogP contribution in [0.5, 0.6) is 5.75 Å². The van der Waals surface area contributed by atoms with Gasteiger partial charge in [-0.2, -0.15) is 0 Å². The maximum atomic E-state index is 11.5. The number of amides is 1. The molecule has 7 heteroatoms. The second-order valence-corrected chi connectivity index (χ2v) is 4.57. The largest absolute Gasteiger partial charge is 0.507 e. The molecule has 0 heterocycles. The molecule has 1 rings (SSSR count). The summed E-state index contributed by atoms with van der Waals surface area (Å²) in [6, 6.07) is 3.72. The van der Waals surface area contributed by atoms with E-state index in [-0.39, 0.29) is 29.7 Å². The molecule has 21 heavy (non-hydrogen) atoms. The summed E-state index contributed by atoms with van der Waals surface area (Å²) in [5.74, 6) is -1.65. The Morgan fingerprint density at radius 2 is 2.00 bits per heavy atom. The minimum absolute atomic E-state index is 0.130. The first-order valence-corrected chi connectivity index (χ1v) is 6.52. The van der Waals surface area contributed by atoms with Gasteiger partial charge in [-0.15, -0.1) is 0 Å². The van der Waals surface area contributed by atoms with E-state index in [0.717, 1.165) is 6.07 Å². The van der Waals surface area contributed by atoms with E-state index in [2.05, 4.69) is 5.32 Å². The van der Waals surface area contributed by atoms with Crippen molar-refractivity contribution in [1.29, 1.82) is 0 Å². The van der Waals surface area contributed by atoms with Crippen LogP contribution in [0.4, 0.5) is 10.5 Å². The van der Waals surface area contributed by atoms with E-state index in [1.54, 1.807) is 0 Å². The molecule has 0 saturated carbocycles. The van der Waals surface area contributed by atoms with Gasteiger partial charge in [-0.3, -0.25) is 5.32 Å². The van der Waals surface area contributed by atoms with E-state index >= 15 is 0 Å². The van der Waals surface area contributed by atoms with Crippen LogP contribution in [-0.2, 0) is 9.47 Å². The van der Waals surface area contributed by atoms with Crippen molar-refractivity contribution in [3.8, 4) is 5.75 Å². The molecule has 116 valence electrons. The highest BCUT2D eigenvalue weighted by Gasteiger charge is 2.11. The maximum absolute atomic E-state index is 11.5. The number of aromatic hydroxyl groups is 1. The third-order valence-electron chi connectivity index (χ3n) is 2.45. The van der Waals surface area contributed by atoms with Gasteiger partial charge in [0.05, 0.1) is 19.3 Å². The molecule has 0 aliphatic heterocycles. The van der Waals surface area contributed by atoms with Crippen molar-refractivity contribution < 1.29 is 29.3 Å². The molecule has 0 atom stereocenters. The van der Waals surface area contributed by atoms with E-state index in [1.165, 1.54) is 12.1 Å². The fourth-order valence-electron chi connectivity index (χ4n) is 1.48. The van der Waals surface area contributed by atoms with Crippen LogP contribution < -0.4 is 5.32 Å². The molecule has 0 bridgehead atoms. The summed E-state index contributed by atoms with van der Waals surface area (Å²) >= 11 is 0. The summed E-state index contributed by atoms with van der Waals surface area (Å²) < 4.78 is 10.2. The smallest absolute Gasteiger partial charge is 0.411 e. The number of carboxylic acids is 1. The average molecular weight is 297 g/mol. The Balaban J connectivity index is 2.41. The van der Waals surface area contributed by atoms with Crippen molar-refractivity contribution in [3.05, 3.63) is 23.8 Å². The van der Waals surface area contributed by atoms with Crippen LogP contribution in [-0.4, -0.2) is 41.6 Å². The first kappa shape index (κ1) is 16.8. The van der Waals surface area contributed by atoms with Gasteiger partial charge in [0.25, 0.3) is 0 Å². The van der Waals surface area contributed by atoms with Crippen LogP contribution in [0.1, 0.15) is 30.6 Å². The molecule has 0 aliphatic carbocycles. The average Bonchev–Trinajstić information content (AvgIpc) is 2.40. The number of benzene rings is 1. The van der Waals surface area contributed by atoms with Crippen LogP contribution in [0.15, 0.2) is 18.2 Å². The standard InChI is InChI=1S/C14H19NO6/c1-9(2)20-6-3-7-21-14(19)15-10-4-5-12(16)11(8-10)13(17)18/h4-5,8-9,16H,3,6-7H2,1-2H3,(H,15,19)(H,17,18). The fraction of sp³-hybridized carbons (Fsp3) is 0.429. The lowest BCUT2D eigenvalue weighted by Crippen LogP contribution is -2.16. The predicted octanol–water partition coefficient (Wildman–Crippen LogP) is 2.45. The molecule has 1 amide bonds. The number of carbonyl (C=O) groups is 2. The minimum atomic E-state index is -1.28.